The minimum Gasteiger partial charge on any atom is -0.548 e. The Morgan fingerprint density at radius 2 is 2.35 bits per heavy atom. The van der Waals surface area contributed by atoms with E-state index in [0.717, 1.165) is 22.4 Å². The minimum atomic E-state index is -1.10. The Kier molecular flexibility index (Phi) is 5.19. The highest BCUT2D eigenvalue weighted by atomic mass is 32.2. The number of aliphatic carboxylic acids is 1. The largest absolute Gasteiger partial charge is 0.548 e. The van der Waals surface area contributed by atoms with Crippen LogP contribution < -0.4 is 10.4 Å². The third kappa shape index (κ3) is 3.40. The third-order valence-electron chi connectivity index (χ3n) is 2.94. The van der Waals surface area contributed by atoms with Crippen molar-refractivity contribution < 1.29 is 9.90 Å². The van der Waals surface area contributed by atoms with E-state index in [2.05, 4.69) is 22.2 Å². The fourth-order valence-corrected chi connectivity index (χ4v) is 3.25. The van der Waals surface area contributed by atoms with Gasteiger partial charge in [0.05, 0.1) is 17.4 Å². The van der Waals surface area contributed by atoms with Crippen LogP contribution in [-0.4, -0.2) is 34.0 Å². The molecule has 0 amide bonds. The number of carbonyl (C=O) groups excluding carboxylic acids is 1. The quantitative estimate of drug-likeness (QED) is 0.836. The molecule has 2 heterocycles. The first-order chi connectivity index (χ1) is 9.65. The highest BCUT2D eigenvalue weighted by Crippen LogP contribution is 2.28. The zero-order chi connectivity index (χ0) is 14.5. The predicted molar refractivity (Wildman–Crippen MR) is 82.2 cm³/mol. The van der Waals surface area contributed by atoms with Crippen molar-refractivity contribution in [3.05, 3.63) is 17.3 Å². The van der Waals surface area contributed by atoms with E-state index in [4.69, 9.17) is 0 Å². The molecule has 0 saturated heterocycles. The van der Waals surface area contributed by atoms with Crippen LogP contribution in [0, 0.1) is 0 Å². The van der Waals surface area contributed by atoms with Crippen molar-refractivity contribution in [1.29, 1.82) is 0 Å². The smallest absolute Gasteiger partial charge is 0.138 e. The normalized spacial score (nSPS) is 12.5. The molecule has 2 rings (SSSR count). The van der Waals surface area contributed by atoms with Gasteiger partial charge in [0.2, 0.25) is 0 Å². The van der Waals surface area contributed by atoms with E-state index in [1.165, 1.54) is 11.2 Å². The van der Waals surface area contributed by atoms with Crippen molar-refractivity contribution >= 4 is 45.1 Å². The first-order valence-corrected chi connectivity index (χ1v) is 8.56. The Bertz CT molecular complexity index is 600. The molecule has 0 saturated carbocycles. The molecule has 108 valence electrons. The number of nitrogens with zero attached hydrogens (tertiary/aromatic N) is 2. The van der Waals surface area contributed by atoms with E-state index in [1.54, 1.807) is 23.1 Å². The van der Waals surface area contributed by atoms with Gasteiger partial charge in [-0.05, 0) is 30.9 Å². The average molecular weight is 310 g/mol. The number of fused-ring (bicyclic) bond motifs is 1. The van der Waals surface area contributed by atoms with Crippen LogP contribution in [0.5, 0.6) is 0 Å². The molecule has 2 aromatic rings. The Balaban J connectivity index is 2.26. The molecule has 1 atom stereocenters. The number of carboxylic acids is 1. The average Bonchev–Trinajstić information content (AvgIpc) is 2.87. The number of thioether (sulfide) groups is 1. The molecule has 0 radical (unpaired) electrons. The summed E-state index contributed by atoms with van der Waals surface area (Å²) >= 11 is 3.21. The lowest BCUT2D eigenvalue weighted by Gasteiger charge is -2.20. The molecule has 0 spiro atoms. The summed E-state index contributed by atoms with van der Waals surface area (Å²) in [6.07, 6.45) is 4.83. The van der Waals surface area contributed by atoms with Crippen LogP contribution in [0.15, 0.2) is 12.4 Å². The van der Waals surface area contributed by atoms with Gasteiger partial charge >= 0.3 is 0 Å². The number of anilines is 1. The highest BCUT2D eigenvalue weighted by Gasteiger charge is 2.14. The van der Waals surface area contributed by atoms with Crippen LogP contribution >= 0.6 is 23.1 Å². The van der Waals surface area contributed by atoms with Gasteiger partial charge in [0, 0.05) is 4.88 Å². The van der Waals surface area contributed by atoms with E-state index in [9.17, 15) is 9.90 Å². The Hall–Kier alpha value is -1.34. The number of hydrogen-bond donors (Lipinski definition) is 1. The third-order valence-corrected chi connectivity index (χ3v) is 4.77. The van der Waals surface area contributed by atoms with Gasteiger partial charge in [-0.2, -0.15) is 11.8 Å². The van der Waals surface area contributed by atoms with Crippen LogP contribution in [-0.2, 0) is 11.2 Å². The Labute approximate surface area is 125 Å². The first kappa shape index (κ1) is 15.1. The van der Waals surface area contributed by atoms with Gasteiger partial charge in [0.1, 0.15) is 17.0 Å². The molecular weight excluding hydrogens is 294 g/mol. The van der Waals surface area contributed by atoms with Gasteiger partial charge in [0.25, 0.3) is 0 Å². The van der Waals surface area contributed by atoms with E-state index in [0.29, 0.717) is 12.2 Å². The molecule has 0 fully saturated rings. The maximum Gasteiger partial charge on any atom is 0.138 e. The van der Waals surface area contributed by atoms with E-state index in [1.807, 2.05) is 12.3 Å². The summed E-state index contributed by atoms with van der Waals surface area (Å²) in [6.45, 7) is 2.08. The predicted octanol–water partition coefficient (Wildman–Crippen LogP) is 1.54. The second kappa shape index (κ2) is 6.90. The van der Waals surface area contributed by atoms with Gasteiger partial charge in [-0.25, -0.2) is 9.97 Å². The second-order valence-corrected chi connectivity index (χ2v) is 6.41. The molecule has 1 N–H and O–H groups in total. The van der Waals surface area contributed by atoms with Crippen molar-refractivity contribution in [3.63, 3.8) is 0 Å². The van der Waals surface area contributed by atoms with Crippen LogP contribution in [0.4, 0.5) is 5.82 Å². The zero-order valence-corrected chi connectivity index (χ0v) is 13.0. The molecule has 2 aromatic heterocycles. The van der Waals surface area contributed by atoms with E-state index in [-0.39, 0.29) is 0 Å². The second-order valence-electron chi connectivity index (χ2n) is 4.30. The lowest BCUT2D eigenvalue weighted by atomic mass is 10.2. The van der Waals surface area contributed by atoms with Gasteiger partial charge in [-0.1, -0.05) is 6.92 Å². The summed E-state index contributed by atoms with van der Waals surface area (Å²) in [4.78, 5) is 21.7. The number of carbonyl (C=O) groups is 1. The molecular formula is C13H16N3O2S2-. The van der Waals surface area contributed by atoms with Crippen molar-refractivity contribution in [2.45, 2.75) is 25.8 Å². The van der Waals surface area contributed by atoms with Crippen LogP contribution in [0.2, 0.25) is 0 Å². The number of hydrogen-bond acceptors (Lipinski definition) is 7. The molecule has 5 nitrogen and oxygen atoms in total. The van der Waals surface area contributed by atoms with Gasteiger partial charge < -0.3 is 15.2 Å². The number of carboxylic acid groups (broad SMARTS) is 1. The maximum atomic E-state index is 11.2. The molecule has 0 bridgehead atoms. The summed E-state index contributed by atoms with van der Waals surface area (Å²) in [6, 6.07) is 1.29. The van der Waals surface area contributed by atoms with Crippen LogP contribution in [0.3, 0.4) is 0 Å². The molecule has 0 aliphatic rings. The van der Waals surface area contributed by atoms with Crippen LogP contribution in [0.25, 0.3) is 10.2 Å². The maximum absolute atomic E-state index is 11.2. The summed E-state index contributed by atoms with van der Waals surface area (Å²) in [7, 11) is 0. The molecule has 0 aliphatic carbocycles. The first-order valence-electron chi connectivity index (χ1n) is 6.35. The number of aromatic nitrogens is 2. The lowest BCUT2D eigenvalue weighted by molar-refractivity contribution is -0.306. The number of aryl methyl sites for hydroxylation is 1. The van der Waals surface area contributed by atoms with Crippen LogP contribution in [0.1, 0.15) is 18.2 Å². The lowest BCUT2D eigenvalue weighted by Crippen LogP contribution is -2.41. The Morgan fingerprint density at radius 3 is 3.00 bits per heavy atom. The molecule has 0 aliphatic heterocycles. The monoisotopic (exact) mass is 310 g/mol. The molecule has 7 heteroatoms. The SMILES string of the molecule is CCc1cc2c(N[C@@H](CCSC)C(=O)[O-])ncnc2s1. The number of thiophene rings is 1. The van der Waals surface area contributed by atoms with Crippen molar-refractivity contribution in [3.8, 4) is 0 Å². The van der Waals surface area contributed by atoms with Gasteiger partial charge in [-0.3, -0.25) is 0 Å². The number of nitrogens with one attached hydrogen (secondary N) is 1. The van der Waals surface area contributed by atoms with E-state index >= 15 is 0 Å². The summed E-state index contributed by atoms with van der Waals surface area (Å²) in [5.74, 6) is 0.224. The van der Waals surface area contributed by atoms with Crippen molar-refractivity contribution in [2.24, 2.45) is 0 Å². The summed E-state index contributed by atoms with van der Waals surface area (Å²) in [5.41, 5.74) is 0. The topological polar surface area (TPSA) is 77.9 Å². The van der Waals surface area contributed by atoms with Crippen molar-refractivity contribution in [2.75, 3.05) is 17.3 Å². The van der Waals surface area contributed by atoms with E-state index < -0.39 is 12.0 Å². The molecule has 0 unspecified atom stereocenters. The van der Waals surface area contributed by atoms with Gasteiger partial charge in [0.15, 0.2) is 0 Å². The summed E-state index contributed by atoms with van der Waals surface area (Å²) < 4.78 is 0. The van der Waals surface area contributed by atoms with Gasteiger partial charge in [-0.15, -0.1) is 11.3 Å². The highest BCUT2D eigenvalue weighted by molar-refractivity contribution is 7.98. The standard InChI is InChI=1S/C13H17N3O2S2/c1-3-8-6-9-11(14-7-15-12(9)20-8)16-10(13(17)18)4-5-19-2/h6-7,10H,3-5H2,1-2H3,(H,17,18)(H,14,15,16)/p-1/t10-/m0/s1. The summed E-state index contributed by atoms with van der Waals surface area (Å²) in [5, 5.41) is 15.0. The fourth-order valence-electron chi connectivity index (χ4n) is 1.84. The zero-order valence-electron chi connectivity index (χ0n) is 11.4. The minimum absolute atomic E-state index is 0.500. The number of rotatable bonds is 7. The molecule has 0 aromatic carbocycles. The van der Waals surface area contributed by atoms with Crippen molar-refractivity contribution in [1.82, 2.24) is 9.97 Å². The fraction of sp³-hybridized carbons (Fsp3) is 0.462. The Morgan fingerprint density at radius 1 is 1.55 bits per heavy atom. The molecule has 20 heavy (non-hydrogen) atoms.